The Balaban J connectivity index is 1.91. The molecule has 0 saturated heterocycles. The van der Waals surface area contributed by atoms with Crippen molar-refractivity contribution < 1.29 is 4.79 Å². The number of nitrogens with zero attached hydrogens (tertiary/aromatic N) is 2. The van der Waals surface area contributed by atoms with Gasteiger partial charge in [0.15, 0.2) is 5.16 Å². The van der Waals surface area contributed by atoms with Crippen molar-refractivity contribution in [1.29, 1.82) is 0 Å². The first-order valence-corrected chi connectivity index (χ1v) is 10.3. The Kier molecular flexibility index (Phi) is 6.19. The van der Waals surface area contributed by atoms with Crippen LogP contribution in [0.2, 0.25) is 0 Å². The van der Waals surface area contributed by atoms with E-state index in [0.717, 1.165) is 17.7 Å². The molecule has 3 aromatic rings. The monoisotopic (exact) mass is 395 g/mol. The molecule has 5 nitrogen and oxygen atoms in total. The first-order chi connectivity index (χ1) is 13.4. The lowest BCUT2D eigenvalue weighted by molar-refractivity contribution is -0.115. The second kappa shape index (κ2) is 8.61. The number of benzene rings is 2. The summed E-state index contributed by atoms with van der Waals surface area (Å²) in [6.07, 6.45) is 0.803. The molecule has 0 aliphatic heterocycles. The number of hydrogen-bond acceptors (Lipinski definition) is 4. The molecule has 0 fully saturated rings. The van der Waals surface area contributed by atoms with Crippen molar-refractivity contribution >= 4 is 34.3 Å². The lowest BCUT2D eigenvalue weighted by Gasteiger charge is -2.20. The van der Waals surface area contributed by atoms with Gasteiger partial charge in [0.2, 0.25) is 5.91 Å². The predicted molar refractivity (Wildman–Crippen MR) is 116 cm³/mol. The van der Waals surface area contributed by atoms with Crippen molar-refractivity contribution in [2.45, 2.75) is 50.6 Å². The van der Waals surface area contributed by atoms with E-state index in [0.29, 0.717) is 16.1 Å². The molecule has 0 bridgehead atoms. The molecule has 1 amide bonds. The number of fused-ring (bicyclic) bond motifs is 1. The Morgan fingerprint density at radius 2 is 1.93 bits per heavy atom. The minimum absolute atomic E-state index is 0.000796. The molecule has 2 aromatic carbocycles. The topological polar surface area (TPSA) is 64.0 Å². The molecular formula is C22H25N3O2S. The lowest BCUT2D eigenvalue weighted by atomic mass is 10.2. The summed E-state index contributed by atoms with van der Waals surface area (Å²) in [4.78, 5) is 30.4. The number of aromatic nitrogens is 2. The van der Waals surface area contributed by atoms with Crippen LogP contribution < -0.4 is 10.9 Å². The Labute approximate surface area is 169 Å². The summed E-state index contributed by atoms with van der Waals surface area (Å²) < 4.78 is 1.71. The number of para-hydroxylation sites is 1. The number of hydrogen-bond donors (Lipinski definition) is 1. The maximum atomic E-state index is 13.0. The number of rotatable bonds is 6. The molecular weight excluding hydrogens is 370 g/mol. The third-order valence-electron chi connectivity index (χ3n) is 4.74. The van der Waals surface area contributed by atoms with Crippen LogP contribution in [0.25, 0.3) is 10.9 Å². The quantitative estimate of drug-likeness (QED) is 0.481. The molecule has 28 heavy (non-hydrogen) atoms. The van der Waals surface area contributed by atoms with Crippen LogP contribution in [-0.4, -0.2) is 20.7 Å². The molecule has 1 aromatic heterocycles. The SMILES string of the molecule is CC[C@H](C)n1c(S[C@@H](C)C(=O)Nc2cccc(C)c2)nc2ccccc2c1=O. The summed E-state index contributed by atoms with van der Waals surface area (Å²) in [6, 6.07) is 15.0. The van der Waals surface area contributed by atoms with Crippen molar-refractivity contribution in [2.75, 3.05) is 5.32 Å². The first kappa shape index (κ1) is 20.1. The fraction of sp³-hybridized carbons (Fsp3) is 0.318. The van der Waals surface area contributed by atoms with Crippen LogP contribution in [0.4, 0.5) is 5.69 Å². The van der Waals surface area contributed by atoms with E-state index in [9.17, 15) is 9.59 Å². The molecule has 0 unspecified atom stereocenters. The van der Waals surface area contributed by atoms with Crippen LogP contribution in [0.3, 0.4) is 0 Å². The van der Waals surface area contributed by atoms with Gasteiger partial charge in [0, 0.05) is 11.7 Å². The minimum atomic E-state index is -0.399. The van der Waals surface area contributed by atoms with Gasteiger partial charge < -0.3 is 5.32 Å². The van der Waals surface area contributed by atoms with E-state index in [2.05, 4.69) is 5.32 Å². The fourth-order valence-electron chi connectivity index (χ4n) is 2.96. The van der Waals surface area contributed by atoms with E-state index in [-0.39, 0.29) is 17.5 Å². The molecule has 2 atom stereocenters. The molecule has 0 saturated carbocycles. The van der Waals surface area contributed by atoms with Crippen molar-refractivity contribution in [3.05, 3.63) is 64.4 Å². The van der Waals surface area contributed by atoms with Gasteiger partial charge in [0.1, 0.15) is 0 Å². The molecule has 1 N–H and O–H groups in total. The van der Waals surface area contributed by atoms with Gasteiger partial charge in [0.05, 0.1) is 16.2 Å². The molecule has 0 spiro atoms. The van der Waals surface area contributed by atoms with E-state index in [1.165, 1.54) is 11.8 Å². The number of carbonyl (C=O) groups excluding carboxylic acids is 1. The Morgan fingerprint density at radius 1 is 1.18 bits per heavy atom. The summed E-state index contributed by atoms with van der Waals surface area (Å²) in [7, 11) is 0. The Hall–Kier alpha value is -2.60. The van der Waals surface area contributed by atoms with E-state index in [1.807, 2.05) is 70.2 Å². The highest BCUT2D eigenvalue weighted by atomic mass is 32.2. The van der Waals surface area contributed by atoms with Crippen LogP contribution in [0, 0.1) is 6.92 Å². The van der Waals surface area contributed by atoms with Gasteiger partial charge in [0.25, 0.3) is 5.56 Å². The Morgan fingerprint density at radius 3 is 2.64 bits per heavy atom. The van der Waals surface area contributed by atoms with E-state index >= 15 is 0 Å². The van der Waals surface area contributed by atoms with Crippen LogP contribution in [-0.2, 0) is 4.79 Å². The average Bonchev–Trinajstić information content (AvgIpc) is 2.67. The van der Waals surface area contributed by atoms with E-state index in [1.54, 1.807) is 10.6 Å². The molecule has 0 radical (unpaired) electrons. The standard InChI is InChI=1S/C22H25N3O2S/c1-5-15(3)25-21(27)18-11-6-7-12-19(18)24-22(25)28-16(4)20(26)23-17-10-8-9-14(2)13-17/h6-13,15-16H,5H2,1-4H3,(H,23,26)/t15-,16-/m0/s1. The van der Waals surface area contributed by atoms with Gasteiger partial charge in [-0.25, -0.2) is 4.98 Å². The third kappa shape index (κ3) is 4.28. The molecule has 3 rings (SSSR count). The first-order valence-electron chi connectivity index (χ1n) is 9.46. The molecule has 0 aliphatic rings. The zero-order valence-electron chi connectivity index (χ0n) is 16.6. The van der Waals surface area contributed by atoms with E-state index < -0.39 is 5.25 Å². The van der Waals surface area contributed by atoms with Crippen LogP contribution in [0.15, 0.2) is 58.5 Å². The highest BCUT2D eigenvalue weighted by Gasteiger charge is 2.21. The number of thioether (sulfide) groups is 1. The van der Waals surface area contributed by atoms with Crippen LogP contribution >= 0.6 is 11.8 Å². The van der Waals surface area contributed by atoms with Crippen LogP contribution in [0.5, 0.6) is 0 Å². The number of aryl methyl sites for hydroxylation is 1. The summed E-state index contributed by atoms with van der Waals surface area (Å²) in [5.41, 5.74) is 2.44. The zero-order chi connectivity index (χ0) is 20.3. The van der Waals surface area contributed by atoms with E-state index in [4.69, 9.17) is 4.98 Å². The maximum Gasteiger partial charge on any atom is 0.262 e. The maximum absolute atomic E-state index is 13.0. The van der Waals surface area contributed by atoms with Gasteiger partial charge >= 0.3 is 0 Å². The Bertz CT molecular complexity index is 1060. The molecule has 146 valence electrons. The average molecular weight is 396 g/mol. The summed E-state index contributed by atoms with van der Waals surface area (Å²) in [6.45, 7) is 7.85. The molecule has 1 heterocycles. The molecule has 6 heteroatoms. The normalized spacial score (nSPS) is 13.3. The highest BCUT2D eigenvalue weighted by molar-refractivity contribution is 8.00. The van der Waals surface area contributed by atoms with Crippen LogP contribution in [0.1, 0.15) is 38.8 Å². The predicted octanol–water partition coefficient (Wildman–Crippen LogP) is 4.80. The van der Waals surface area contributed by atoms with Gasteiger partial charge in [-0.2, -0.15) is 0 Å². The zero-order valence-corrected chi connectivity index (χ0v) is 17.4. The van der Waals surface area contributed by atoms with Gasteiger partial charge in [-0.05, 0) is 57.0 Å². The smallest absolute Gasteiger partial charge is 0.262 e. The highest BCUT2D eigenvalue weighted by Crippen LogP contribution is 2.26. The second-order valence-corrected chi connectivity index (χ2v) is 8.27. The van der Waals surface area contributed by atoms with Crippen molar-refractivity contribution in [3.8, 4) is 0 Å². The van der Waals surface area contributed by atoms with Crippen molar-refractivity contribution in [1.82, 2.24) is 9.55 Å². The van der Waals surface area contributed by atoms with Crippen molar-refractivity contribution in [2.24, 2.45) is 0 Å². The second-order valence-electron chi connectivity index (χ2n) is 6.96. The van der Waals surface area contributed by atoms with Gasteiger partial charge in [-0.15, -0.1) is 0 Å². The number of nitrogens with one attached hydrogen (secondary N) is 1. The summed E-state index contributed by atoms with van der Waals surface area (Å²) >= 11 is 1.31. The fourth-order valence-corrected chi connectivity index (χ4v) is 3.97. The minimum Gasteiger partial charge on any atom is -0.325 e. The number of carbonyl (C=O) groups is 1. The summed E-state index contributed by atoms with van der Waals surface area (Å²) in [5.74, 6) is -0.117. The lowest BCUT2D eigenvalue weighted by Crippen LogP contribution is -2.28. The largest absolute Gasteiger partial charge is 0.325 e. The van der Waals surface area contributed by atoms with Gasteiger partial charge in [-0.3, -0.25) is 14.2 Å². The third-order valence-corrected chi connectivity index (χ3v) is 5.81. The van der Waals surface area contributed by atoms with Gasteiger partial charge in [-0.1, -0.05) is 43.0 Å². The summed E-state index contributed by atoms with van der Waals surface area (Å²) in [5, 5.41) is 3.72. The number of amides is 1. The molecule has 0 aliphatic carbocycles. The van der Waals surface area contributed by atoms with Crippen molar-refractivity contribution in [3.63, 3.8) is 0 Å². The number of anilines is 1.